The van der Waals surface area contributed by atoms with Crippen molar-refractivity contribution in [3.63, 3.8) is 0 Å². The summed E-state index contributed by atoms with van der Waals surface area (Å²) in [5, 5.41) is 13.5. The fraction of sp³-hybridized carbons (Fsp3) is 0.294. The molecule has 5 N–H and O–H groups in total. The van der Waals surface area contributed by atoms with Crippen LogP contribution in [0.1, 0.15) is 12.0 Å². The Balaban J connectivity index is 0.000000345. The highest BCUT2D eigenvalue weighted by Gasteiger charge is 2.42. The predicted octanol–water partition coefficient (Wildman–Crippen LogP) is 0.998. The lowest BCUT2D eigenvalue weighted by Gasteiger charge is -2.26. The molecule has 1 fully saturated rings. The van der Waals surface area contributed by atoms with Crippen molar-refractivity contribution in [2.75, 3.05) is 12.3 Å². The number of carboxylic acid groups (broad SMARTS) is 1. The average molecular weight is 398 g/mol. The number of nitrogens with two attached hydrogens (primary N) is 1. The summed E-state index contributed by atoms with van der Waals surface area (Å²) in [5.41, 5.74) is 6.57. The topological polar surface area (TPSA) is 134 Å². The Hall–Kier alpha value is -3.37. The second-order valence-electron chi connectivity index (χ2n) is 6.05. The van der Waals surface area contributed by atoms with Gasteiger partial charge in [0.15, 0.2) is 0 Å². The van der Waals surface area contributed by atoms with Gasteiger partial charge < -0.3 is 21.5 Å². The molecule has 2 heterocycles. The lowest BCUT2D eigenvalue weighted by Crippen LogP contribution is -2.52. The van der Waals surface area contributed by atoms with E-state index in [1.165, 1.54) is 0 Å². The number of amides is 2. The summed E-state index contributed by atoms with van der Waals surface area (Å²) in [6, 6.07) is 9.34. The summed E-state index contributed by atoms with van der Waals surface area (Å²) in [6.45, 7) is 0.565. The van der Waals surface area contributed by atoms with Gasteiger partial charge in [-0.3, -0.25) is 9.59 Å². The molecule has 8 nitrogen and oxygen atoms in total. The Morgan fingerprint density at radius 2 is 2.04 bits per heavy atom. The van der Waals surface area contributed by atoms with Gasteiger partial charge in [-0.1, -0.05) is 12.1 Å². The van der Waals surface area contributed by atoms with Crippen molar-refractivity contribution in [3.05, 3.63) is 35.9 Å². The number of carbonyl (C=O) groups excluding carboxylic acids is 2. The smallest absolute Gasteiger partial charge is 0.475 e. The van der Waals surface area contributed by atoms with Gasteiger partial charge in [0.1, 0.15) is 11.4 Å². The number of rotatable bonds is 4. The monoisotopic (exact) mass is 398 g/mol. The molecule has 11 heteroatoms. The van der Waals surface area contributed by atoms with Crippen molar-refractivity contribution in [3.8, 4) is 0 Å². The molecular formula is C17H17F3N4O4. The van der Waals surface area contributed by atoms with Crippen LogP contribution in [0, 0.1) is 0 Å². The summed E-state index contributed by atoms with van der Waals surface area (Å²) in [5.74, 6) is -2.44. The number of fused-ring (bicyclic) bond motifs is 1. The second-order valence-corrected chi connectivity index (χ2v) is 6.05. The molecular weight excluding hydrogens is 381 g/mol. The van der Waals surface area contributed by atoms with Crippen LogP contribution in [0.4, 0.5) is 19.0 Å². The van der Waals surface area contributed by atoms with Gasteiger partial charge >= 0.3 is 12.1 Å². The molecule has 2 amide bonds. The maximum absolute atomic E-state index is 12.1. The number of hydrogen-bond donors (Lipinski definition) is 4. The number of nitrogen functional groups attached to an aromatic ring is 1. The number of nitrogens with one attached hydrogen (secondary N) is 2. The number of benzene rings is 1. The zero-order valence-electron chi connectivity index (χ0n) is 14.4. The predicted molar refractivity (Wildman–Crippen MR) is 93.1 cm³/mol. The van der Waals surface area contributed by atoms with Crippen LogP contribution < -0.4 is 16.4 Å². The van der Waals surface area contributed by atoms with Gasteiger partial charge in [-0.15, -0.1) is 0 Å². The lowest BCUT2D eigenvalue weighted by atomic mass is 9.88. The zero-order chi connectivity index (χ0) is 20.9. The number of carboxylic acids is 1. The summed E-state index contributed by atoms with van der Waals surface area (Å²) in [6.07, 6.45) is -3.49. The van der Waals surface area contributed by atoms with Crippen molar-refractivity contribution in [2.45, 2.75) is 24.6 Å². The molecule has 1 atom stereocenters. The van der Waals surface area contributed by atoms with E-state index in [-0.39, 0.29) is 5.91 Å². The van der Waals surface area contributed by atoms with Crippen LogP contribution in [0.25, 0.3) is 10.9 Å². The van der Waals surface area contributed by atoms with E-state index in [0.717, 1.165) is 16.5 Å². The Labute approximate surface area is 156 Å². The van der Waals surface area contributed by atoms with Gasteiger partial charge in [-0.25, -0.2) is 9.78 Å². The number of aromatic nitrogens is 1. The van der Waals surface area contributed by atoms with Gasteiger partial charge in [-0.2, -0.15) is 13.2 Å². The molecule has 0 radical (unpaired) electrons. The van der Waals surface area contributed by atoms with Gasteiger partial charge in [0.2, 0.25) is 12.3 Å². The second kappa shape index (κ2) is 8.11. The van der Waals surface area contributed by atoms with Crippen molar-refractivity contribution in [1.82, 2.24) is 15.6 Å². The summed E-state index contributed by atoms with van der Waals surface area (Å²) in [7, 11) is 0. The number of aliphatic carboxylic acids is 1. The molecule has 28 heavy (non-hydrogen) atoms. The maximum Gasteiger partial charge on any atom is 0.490 e. The highest BCUT2D eigenvalue weighted by atomic mass is 19.4. The minimum Gasteiger partial charge on any atom is -0.475 e. The van der Waals surface area contributed by atoms with Crippen LogP contribution >= 0.6 is 0 Å². The van der Waals surface area contributed by atoms with E-state index in [0.29, 0.717) is 31.6 Å². The number of anilines is 1. The lowest BCUT2D eigenvalue weighted by molar-refractivity contribution is -0.192. The number of carbonyl (C=O) groups is 3. The van der Waals surface area contributed by atoms with Crippen LogP contribution in [0.2, 0.25) is 0 Å². The number of hydrogen-bond acceptors (Lipinski definition) is 5. The van der Waals surface area contributed by atoms with Crippen LogP contribution in [0.15, 0.2) is 30.3 Å². The number of nitrogens with zero attached hydrogens (tertiary/aromatic N) is 1. The van der Waals surface area contributed by atoms with E-state index in [9.17, 15) is 22.8 Å². The van der Waals surface area contributed by atoms with Crippen LogP contribution in [-0.2, 0) is 20.8 Å². The third-order valence-electron chi connectivity index (χ3n) is 4.19. The van der Waals surface area contributed by atoms with Crippen molar-refractivity contribution < 1.29 is 32.7 Å². The summed E-state index contributed by atoms with van der Waals surface area (Å²) < 4.78 is 31.7. The van der Waals surface area contributed by atoms with Crippen molar-refractivity contribution in [1.29, 1.82) is 0 Å². The Kier molecular flexibility index (Phi) is 6.06. The molecule has 1 aromatic carbocycles. The standard InChI is InChI=1S/C15H16N4O2.C2HF3O2/c16-13-5-4-11-10(2-1-3-12(11)19-13)8-15(18-9-20)6-7-17-14(15)21;3-2(4,5)1(6)7/h1-5,9H,6-8H2,(H2,16,19)(H,17,21)(H,18,20);(H,6,7)/t15-;/m1./s1. The van der Waals surface area contributed by atoms with E-state index in [4.69, 9.17) is 15.6 Å². The first-order valence-corrected chi connectivity index (χ1v) is 8.03. The quantitative estimate of drug-likeness (QED) is 0.568. The molecule has 0 spiro atoms. The fourth-order valence-electron chi connectivity index (χ4n) is 2.86. The molecule has 150 valence electrons. The summed E-state index contributed by atoms with van der Waals surface area (Å²) >= 11 is 0. The normalized spacial score (nSPS) is 18.8. The summed E-state index contributed by atoms with van der Waals surface area (Å²) in [4.78, 5) is 36.2. The van der Waals surface area contributed by atoms with E-state index in [1.54, 1.807) is 6.07 Å². The van der Waals surface area contributed by atoms with E-state index in [2.05, 4.69) is 15.6 Å². The van der Waals surface area contributed by atoms with E-state index < -0.39 is 17.7 Å². The zero-order valence-corrected chi connectivity index (χ0v) is 14.4. The number of alkyl halides is 3. The SMILES string of the molecule is Nc1ccc2c(C[C@]3(NC=O)CCNC3=O)cccc2n1.O=C(O)C(F)(F)F. The molecule has 3 rings (SSSR count). The Morgan fingerprint density at radius 3 is 2.57 bits per heavy atom. The van der Waals surface area contributed by atoms with Crippen molar-refractivity contribution in [2.24, 2.45) is 0 Å². The Bertz CT molecular complexity index is 904. The third-order valence-corrected chi connectivity index (χ3v) is 4.19. The number of halogens is 3. The van der Waals surface area contributed by atoms with Gasteiger partial charge in [-0.05, 0) is 30.2 Å². The molecule has 0 aliphatic carbocycles. The van der Waals surface area contributed by atoms with E-state index >= 15 is 0 Å². The Morgan fingerprint density at radius 1 is 1.36 bits per heavy atom. The first-order valence-electron chi connectivity index (χ1n) is 8.03. The van der Waals surface area contributed by atoms with Crippen molar-refractivity contribution >= 4 is 35.0 Å². The molecule has 1 aliphatic rings. The first-order chi connectivity index (χ1) is 13.1. The molecule has 1 saturated heterocycles. The molecule has 0 unspecified atom stereocenters. The van der Waals surface area contributed by atoms with E-state index in [1.807, 2.05) is 24.3 Å². The maximum atomic E-state index is 12.1. The number of pyridine rings is 1. The minimum atomic E-state index is -5.08. The molecule has 0 bridgehead atoms. The fourth-order valence-corrected chi connectivity index (χ4v) is 2.86. The molecule has 0 saturated carbocycles. The van der Waals surface area contributed by atoms with Gasteiger partial charge in [0.05, 0.1) is 5.52 Å². The third kappa shape index (κ3) is 4.67. The van der Waals surface area contributed by atoms with Gasteiger partial charge in [0, 0.05) is 18.4 Å². The van der Waals surface area contributed by atoms with Crippen LogP contribution in [0.3, 0.4) is 0 Å². The molecule has 2 aromatic rings. The largest absolute Gasteiger partial charge is 0.490 e. The first kappa shape index (κ1) is 20.9. The molecule has 1 aliphatic heterocycles. The highest BCUT2D eigenvalue weighted by Crippen LogP contribution is 2.26. The molecule has 1 aromatic heterocycles. The van der Waals surface area contributed by atoms with Crippen LogP contribution in [-0.4, -0.2) is 46.6 Å². The van der Waals surface area contributed by atoms with Crippen LogP contribution in [0.5, 0.6) is 0 Å². The average Bonchev–Trinajstić information content (AvgIpc) is 2.95. The highest BCUT2D eigenvalue weighted by molar-refractivity contribution is 5.92. The minimum absolute atomic E-state index is 0.144. The van der Waals surface area contributed by atoms with Gasteiger partial charge in [0.25, 0.3) is 0 Å².